The van der Waals surface area contributed by atoms with Crippen molar-refractivity contribution in [3.05, 3.63) is 23.5 Å². The van der Waals surface area contributed by atoms with Gasteiger partial charge in [0.05, 0.1) is 19.4 Å². The molecule has 0 bridgehead atoms. The van der Waals surface area contributed by atoms with E-state index in [9.17, 15) is 4.79 Å². The molecule has 0 atom stereocenters. The molecule has 0 aliphatic heterocycles. The van der Waals surface area contributed by atoms with Crippen LogP contribution in [0.25, 0.3) is 0 Å². The van der Waals surface area contributed by atoms with Crippen molar-refractivity contribution in [2.45, 2.75) is 26.3 Å². The second-order valence-corrected chi connectivity index (χ2v) is 3.96. The molecule has 0 unspecified atom stereocenters. The molecular weight excluding hydrogens is 232 g/mol. The molecule has 1 rings (SSSR count). The number of pyridine rings is 1. The van der Waals surface area contributed by atoms with Crippen LogP contribution in [0.2, 0.25) is 0 Å². The van der Waals surface area contributed by atoms with Gasteiger partial charge in [-0.15, -0.1) is 0 Å². The number of nitrogens with zero attached hydrogens (tertiary/aromatic N) is 1. The lowest BCUT2D eigenvalue weighted by Crippen LogP contribution is -2.11. The predicted molar refractivity (Wildman–Crippen MR) is 68.5 cm³/mol. The quantitative estimate of drug-likeness (QED) is 0.588. The second kappa shape index (κ2) is 7.66. The molecule has 18 heavy (non-hydrogen) atoms. The predicted octanol–water partition coefficient (Wildman–Crippen LogP) is 1.44. The zero-order valence-electron chi connectivity index (χ0n) is 11.2. The van der Waals surface area contributed by atoms with E-state index in [1.165, 1.54) is 7.11 Å². The summed E-state index contributed by atoms with van der Waals surface area (Å²) in [7, 11) is 3.25. The number of aryl methyl sites for hydroxylation is 1. The highest BCUT2D eigenvalue weighted by Gasteiger charge is 2.06. The van der Waals surface area contributed by atoms with Gasteiger partial charge in [-0.05, 0) is 32.5 Å². The number of carbonyl (C=O) groups excluding carboxylic acids is 1. The Balaban J connectivity index is 2.48. The van der Waals surface area contributed by atoms with Crippen LogP contribution in [0.4, 0.5) is 0 Å². The molecule has 0 fully saturated rings. The fourth-order valence-electron chi connectivity index (χ4n) is 1.52. The fraction of sp³-hybridized carbons (Fsp3) is 0.538. The second-order valence-electron chi connectivity index (χ2n) is 3.96. The van der Waals surface area contributed by atoms with Gasteiger partial charge in [-0.1, -0.05) is 0 Å². The summed E-state index contributed by atoms with van der Waals surface area (Å²) in [6, 6.07) is 3.82. The Morgan fingerprint density at radius 3 is 2.89 bits per heavy atom. The molecule has 1 N–H and O–H groups in total. The molecule has 0 aromatic carbocycles. The van der Waals surface area contributed by atoms with Gasteiger partial charge in [0.15, 0.2) is 0 Å². The van der Waals surface area contributed by atoms with E-state index in [-0.39, 0.29) is 5.97 Å². The molecular formula is C13H20N2O3. The van der Waals surface area contributed by atoms with Gasteiger partial charge >= 0.3 is 5.97 Å². The first kappa shape index (κ1) is 14.4. The molecule has 1 aromatic heterocycles. The molecule has 0 aliphatic rings. The Kier molecular flexibility index (Phi) is 6.14. The maximum absolute atomic E-state index is 10.9. The van der Waals surface area contributed by atoms with Crippen molar-refractivity contribution >= 4 is 5.97 Å². The van der Waals surface area contributed by atoms with Crippen LogP contribution in [0, 0.1) is 6.92 Å². The van der Waals surface area contributed by atoms with E-state index in [2.05, 4.69) is 15.0 Å². The van der Waals surface area contributed by atoms with Crippen molar-refractivity contribution in [3.63, 3.8) is 0 Å². The minimum absolute atomic E-state index is 0.212. The molecule has 0 saturated carbocycles. The minimum Gasteiger partial charge on any atom is -0.492 e. The normalized spacial score (nSPS) is 10.2. The van der Waals surface area contributed by atoms with E-state index in [4.69, 9.17) is 4.74 Å². The molecule has 0 saturated heterocycles. The SMILES string of the molecule is CNCc1nc(C)ccc1OCCCC(=O)OC. The highest BCUT2D eigenvalue weighted by Crippen LogP contribution is 2.17. The van der Waals surface area contributed by atoms with Gasteiger partial charge < -0.3 is 14.8 Å². The van der Waals surface area contributed by atoms with Crippen molar-refractivity contribution in [1.29, 1.82) is 0 Å². The fourth-order valence-corrected chi connectivity index (χ4v) is 1.52. The van der Waals surface area contributed by atoms with Crippen LogP contribution in [0.5, 0.6) is 5.75 Å². The lowest BCUT2D eigenvalue weighted by Gasteiger charge is -2.11. The first-order chi connectivity index (χ1) is 8.67. The van der Waals surface area contributed by atoms with Crippen molar-refractivity contribution in [2.75, 3.05) is 20.8 Å². The largest absolute Gasteiger partial charge is 0.492 e. The molecule has 5 heteroatoms. The smallest absolute Gasteiger partial charge is 0.305 e. The lowest BCUT2D eigenvalue weighted by molar-refractivity contribution is -0.140. The Morgan fingerprint density at radius 1 is 1.44 bits per heavy atom. The molecule has 0 amide bonds. The first-order valence-electron chi connectivity index (χ1n) is 5.98. The highest BCUT2D eigenvalue weighted by atomic mass is 16.5. The van der Waals surface area contributed by atoms with Gasteiger partial charge in [0, 0.05) is 18.7 Å². The van der Waals surface area contributed by atoms with Crippen LogP contribution >= 0.6 is 0 Å². The molecule has 1 heterocycles. The van der Waals surface area contributed by atoms with Crippen LogP contribution < -0.4 is 10.1 Å². The number of hydrogen-bond donors (Lipinski definition) is 1. The number of methoxy groups -OCH3 is 1. The summed E-state index contributed by atoms with van der Waals surface area (Å²) >= 11 is 0. The van der Waals surface area contributed by atoms with Crippen LogP contribution in [0.3, 0.4) is 0 Å². The van der Waals surface area contributed by atoms with Crippen LogP contribution in [0.15, 0.2) is 12.1 Å². The molecule has 0 aliphatic carbocycles. The van der Waals surface area contributed by atoms with E-state index in [1.807, 2.05) is 26.1 Å². The summed E-state index contributed by atoms with van der Waals surface area (Å²) in [6.45, 7) is 3.09. The van der Waals surface area contributed by atoms with Crippen LogP contribution in [-0.2, 0) is 16.1 Å². The van der Waals surface area contributed by atoms with E-state index < -0.39 is 0 Å². The van der Waals surface area contributed by atoms with Crippen LogP contribution in [0.1, 0.15) is 24.2 Å². The zero-order chi connectivity index (χ0) is 13.4. The number of carbonyl (C=O) groups is 1. The van der Waals surface area contributed by atoms with Gasteiger partial charge in [-0.2, -0.15) is 0 Å². The average Bonchev–Trinajstić information content (AvgIpc) is 2.36. The molecule has 100 valence electrons. The Bertz CT molecular complexity index is 394. The van der Waals surface area contributed by atoms with Gasteiger partial charge in [-0.25, -0.2) is 0 Å². The Morgan fingerprint density at radius 2 is 2.22 bits per heavy atom. The third kappa shape index (κ3) is 4.71. The summed E-state index contributed by atoms with van der Waals surface area (Å²) in [5.41, 5.74) is 1.85. The van der Waals surface area contributed by atoms with Gasteiger partial charge in [0.1, 0.15) is 5.75 Å². The first-order valence-corrected chi connectivity index (χ1v) is 5.98. The summed E-state index contributed by atoms with van der Waals surface area (Å²) in [5.74, 6) is 0.552. The average molecular weight is 252 g/mol. The van der Waals surface area contributed by atoms with Crippen molar-refractivity contribution < 1.29 is 14.3 Å². The van der Waals surface area contributed by atoms with Crippen LogP contribution in [-0.4, -0.2) is 31.7 Å². The van der Waals surface area contributed by atoms with Gasteiger partial charge in [0.25, 0.3) is 0 Å². The van der Waals surface area contributed by atoms with E-state index in [0.717, 1.165) is 17.1 Å². The summed E-state index contributed by atoms with van der Waals surface area (Å²) in [6.07, 6.45) is 1.01. The number of aromatic nitrogens is 1. The van der Waals surface area contributed by atoms with Gasteiger partial charge in [-0.3, -0.25) is 9.78 Å². The highest BCUT2D eigenvalue weighted by molar-refractivity contribution is 5.69. The van der Waals surface area contributed by atoms with E-state index >= 15 is 0 Å². The number of nitrogens with one attached hydrogen (secondary N) is 1. The number of esters is 1. The Hall–Kier alpha value is -1.62. The van der Waals surface area contributed by atoms with Gasteiger partial charge in [0.2, 0.25) is 0 Å². The molecule has 0 spiro atoms. The number of rotatable bonds is 7. The molecule has 1 aromatic rings. The van der Waals surface area contributed by atoms with Crippen molar-refractivity contribution in [3.8, 4) is 5.75 Å². The van der Waals surface area contributed by atoms with E-state index in [1.54, 1.807) is 0 Å². The lowest BCUT2D eigenvalue weighted by atomic mass is 10.2. The number of ether oxygens (including phenoxy) is 2. The summed E-state index contributed by atoms with van der Waals surface area (Å²) < 4.78 is 10.2. The standard InChI is InChI=1S/C13H20N2O3/c1-10-6-7-12(11(15-10)9-14-2)18-8-4-5-13(16)17-3/h6-7,14H,4-5,8-9H2,1-3H3. The van der Waals surface area contributed by atoms with Crippen molar-refractivity contribution in [2.24, 2.45) is 0 Å². The zero-order valence-corrected chi connectivity index (χ0v) is 11.2. The third-order valence-electron chi connectivity index (χ3n) is 2.43. The summed E-state index contributed by atoms with van der Waals surface area (Å²) in [4.78, 5) is 15.4. The molecule has 0 radical (unpaired) electrons. The monoisotopic (exact) mass is 252 g/mol. The minimum atomic E-state index is -0.212. The maximum atomic E-state index is 10.9. The van der Waals surface area contributed by atoms with Crippen molar-refractivity contribution in [1.82, 2.24) is 10.3 Å². The number of hydrogen-bond acceptors (Lipinski definition) is 5. The molecule has 5 nitrogen and oxygen atoms in total. The van der Waals surface area contributed by atoms with E-state index in [0.29, 0.717) is 26.0 Å². The summed E-state index contributed by atoms with van der Waals surface area (Å²) in [5, 5.41) is 3.05. The Labute approximate surface area is 108 Å². The third-order valence-corrected chi connectivity index (χ3v) is 2.43. The maximum Gasteiger partial charge on any atom is 0.305 e. The topological polar surface area (TPSA) is 60.5 Å².